The van der Waals surface area contributed by atoms with Crippen molar-refractivity contribution >= 4 is 29.2 Å². The highest BCUT2D eigenvalue weighted by atomic mass is 16.2. The smallest absolute Gasteiger partial charge is 0.322 e. The summed E-state index contributed by atoms with van der Waals surface area (Å²) in [6.45, 7) is 2.13. The number of anilines is 2. The summed E-state index contributed by atoms with van der Waals surface area (Å²) < 4.78 is 0. The first kappa shape index (κ1) is 20.4. The van der Waals surface area contributed by atoms with Crippen LogP contribution in [0.4, 0.5) is 16.2 Å². The lowest BCUT2D eigenvalue weighted by Crippen LogP contribution is -2.47. The van der Waals surface area contributed by atoms with Crippen LogP contribution in [0.15, 0.2) is 54.6 Å². The number of aryl methyl sites for hydroxylation is 1. The molecule has 7 nitrogen and oxygen atoms in total. The number of amides is 4. The number of para-hydroxylation sites is 2. The van der Waals surface area contributed by atoms with Gasteiger partial charge in [0.15, 0.2) is 0 Å². The zero-order valence-electron chi connectivity index (χ0n) is 16.5. The molecule has 0 aliphatic carbocycles. The van der Waals surface area contributed by atoms with E-state index < -0.39 is 6.03 Å². The van der Waals surface area contributed by atoms with Crippen LogP contribution >= 0.6 is 0 Å². The quantitative estimate of drug-likeness (QED) is 0.674. The van der Waals surface area contributed by atoms with Crippen LogP contribution in [0.25, 0.3) is 0 Å². The van der Waals surface area contributed by atoms with E-state index in [-0.39, 0.29) is 37.4 Å². The molecular formula is C22H26N4O3. The monoisotopic (exact) mass is 394 g/mol. The summed E-state index contributed by atoms with van der Waals surface area (Å²) in [7, 11) is 0. The number of fused-ring (bicyclic) bond motifs is 1. The van der Waals surface area contributed by atoms with E-state index in [1.165, 1.54) is 10.5 Å². The van der Waals surface area contributed by atoms with Crippen LogP contribution in [0.1, 0.15) is 25.3 Å². The Kier molecular flexibility index (Phi) is 6.84. The molecule has 2 aromatic rings. The molecule has 1 aliphatic rings. The first-order chi connectivity index (χ1) is 14.0. The highest BCUT2D eigenvalue weighted by molar-refractivity contribution is 6.09. The molecule has 0 fully saturated rings. The molecule has 7 heteroatoms. The first-order valence-corrected chi connectivity index (χ1v) is 9.80. The number of hydrogen-bond acceptors (Lipinski definition) is 3. The summed E-state index contributed by atoms with van der Waals surface area (Å²) in [6.07, 6.45) is 1.93. The minimum atomic E-state index is -0.391. The summed E-state index contributed by atoms with van der Waals surface area (Å²) >= 11 is 0. The van der Waals surface area contributed by atoms with Crippen molar-refractivity contribution < 1.29 is 14.4 Å². The molecular weight excluding hydrogens is 368 g/mol. The lowest BCUT2D eigenvalue weighted by Gasteiger charge is -2.29. The maximum Gasteiger partial charge on any atom is 0.322 e. The molecule has 4 amide bonds. The standard InChI is InChI=1S/C22H26N4O3/c1-16(11-12-17-7-3-2-4-8-17)24-20(27)13-14-23-22(29)26-15-21(28)25-18-9-5-6-10-19(18)26/h2-10,16H,11-15H2,1H3,(H,23,29)(H,24,27)(H,25,28)/t16-/m1/s1. The van der Waals surface area contributed by atoms with Gasteiger partial charge >= 0.3 is 6.03 Å². The Morgan fingerprint density at radius 2 is 1.83 bits per heavy atom. The van der Waals surface area contributed by atoms with Crippen LogP contribution in [0.2, 0.25) is 0 Å². The highest BCUT2D eigenvalue weighted by Gasteiger charge is 2.26. The lowest BCUT2D eigenvalue weighted by molar-refractivity contribution is -0.121. The summed E-state index contributed by atoms with van der Waals surface area (Å²) in [5, 5.41) is 8.42. The van der Waals surface area contributed by atoms with E-state index in [2.05, 4.69) is 28.1 Å². The van der Waals surface area contributed by atoms with Gasteiger partial charge in [0.2, 0.25) is 11.8 Å². The number of benzene rings is 2. The number of carbonyl (C=O) groups excluding carboxylic acids is 3. The Labute approximate surface area is 170 Å². The van der Waals surface area contributed by atoms with E-state index in [0.717, 1.165) is 12.8 Å². The maximum absolute atomic E-state index is 12.5. The average Bonchev–Trinajstić information content (AvgIpc) is 2.72. The predicted molar refractivity (Wildman–Crippen MR) is 113 cm³/mol. The second-order valence-electron chi connectivity index (χ2n) is 7.13. The van der Waals surface area contributed by atoms with Crippen molar-refractivity contribution in [3.8, 4) is 0 Å². The average molecular weight is 394 g/mol. The van der Waals surface area contributed by atoms with Gasteiger partial charge in [0, 0.05) is 19.0 Å². The molecule has 152 valence electrons. The summed E-state index contributed by atoms with van der Waals surface area (Å²) in [4.78, 5) is 37.8. The minimum Gasteiger partial charge on any atom is -0.354 e. The molecule has 0 radical (unpaired) electrons. The van der Waals surface area contributed by atoms with E-state index in [4.69, 9.17) is 0 Å². The Balaban J connectivity index is 1.41. The van der Waals surface area contributed by atoms with Crippen molar-refractivity contribution in [2.45, 2.75) is 32.2 Å². The van der Waals surface area contributed by atoms with Crippen molar-refractivity contribution in [3.63, 3.8) is 0 Å². The van der Waals surface area contributed by atoms with Gasteiger partial charge in [0.25, 0.3) is 0 Å². The molecule has 0 unspecified atom stereocenters. The third-order valence-electron chi connectivity index (χ3n) is 4.76. The van der Waals surface area contributed by atoms with Crippen molar-refractivity contribution in [2.24, 2.45) is 0 Å². The zero-order chi connectivity index (χ0) is 20.6. The van der Waals surface area contributed by atoms with Gasteiger partial charge in [-0.2, -0.15) is 0 Å². The van der Waals surface area contributed by atoms with E-state index in [1.807, 2.05) is 25.1 Å². The molecule has 1 heterocycles. The van der Waals surface area contributed by atoms with Crippen LogP contribution in [0.5, 0.6) is 0 Å². The molecule has 29 heavy (non-hydrogen) atoms. The Bertz CT molecular complexity index is 869. The van der Waals surface area contributed by atoms with Gasteiger partial charge in [-0.15, -0.1) is 0 Å². The normalized spacial score (nSPS) is 13.8. The molecule has 0 spiro atoms. The molecule has 3 rings (SSSR count). The fourth-order valence-corrected chi connectivity index (χ4v) is 3.24. The number of nitrogens with zero attached hydrogens (tertiary/aromatic N) is 1. The molecule has 2 aromatic carbocycles. The van der Waals surface area contributed by atoms with E-state index in [9.17, 15) is 14.4 Å². The lowest BCUT2D eigenvalue weighted by atomic mass is 10.1. The van der Waals surface area contributed by atoms with Gasteiger partial charge in [-0.1, -0.05) is 42.5 Å². The van der Waals surface area contributed by atoms with Gasteiger partial charge in [0.05, 0.1) is 11.4 Å². The van der Waals surface area contributed by atoms with Gasteiger partial charge < -0.3 is 16.0 Å². The number of nitrogens with one attached hydrogen (secondary N) is 3. The topological polar surface area (TPSA) is 90.5 Å². The molecule has 0 aromatic heterocycles. The number of hydrogen-bond donors (Lipinski definition) is 3. The van der Waals surface area contributed by atoms with Crippen molar-refractivity contribution in [1.29, 1.82) is 0 Å². The van der Waals surface area contributed by atoms with Crippen LogP contribution < -0.4 is 20.9 Å². The van der Waals surface area contributed by atoms with Gasteiger partial charge in [-0.25, -0.2) is 4.79 Å². The second kappa shape index (κ2) is 9.73. The molecule has 0 bridgehead atoms. The fraction of sp³-hybridized carbons (Fsp3) is 0.318. The zero-order valence-corrected chi connectivity index (χ0v) is 16.5. The van der Waals surface area contributed by atoms with E-state index in [0.29, 0.717) is 11.4 Å². The van der Waals surface area contributed by atoms with Gasteiger partial charge in [-0.3, -0.25) is 14.5 Å². The Morgan fingerprint density at radius 1 is 1.10 bits per heavy atom. The molecule has 0 saturated carbocycles. The molecule has 1 aliphatic heterocycles. The fourth-order valence-electron chi connectivity index (χ4n) is 3.24. The maximum atomic E-state index is 12.5. The summed E-state index contributed by atoms with van der Waals surface area (Å²) in [6, 6.07) is 16.9. The summed E-state index contributed by atoms with van der Waals surface area (Å²) in [5.41, 5.74) is 2.49. The Morgan fingerprint density at radius 3 is 2.62 bits per heavy atom. The second-order valence-corrected chi connectivity index (χ2v) is 7.13. The largest absolute Gasteiger partial charge is 0.354 e. The van der Waals surface area contributed by atoms with Crippen LogP contribution in [-0.4, -0.2) is 37.0 Å². The number of urea groups is 1. The third kappa shape index (κ3) is 5.81. The molecule has 0 saturated heterocycles. The van der Waals surface area contributed by atoms with E-state index in [1.54, 1.807) is 24.3 Å². The Hall–Kier alpha value is -3.35. The van der Waals surface area contributed by atoms with Crippen LogP contribution in [0, 0.1) is 0 Å². The SMILES string of the molecule is C[C@H](CCc1ccccc1)NC(=O)CCNC(=O)N1CC(=O)Nc2ccccc21. The van der Waals surface area contributed by atoms with Crippen LogP contribution in [-0.2, 0) is 16.0 Å². The van der Waals surface area contributed by atoms with Gasteiger partial charge in [0.1, 0.15) is 6.54 Å². The predicted octanol–water partition coefficient (Wildman–Crippen LogP) is 2.68. The minimum absolute atomic E-state index is 0.0500. The van der Waals surface area contributed by atoms with Crippen LogP contribution in [0.3, 0.4) is 0 Å². The third-order valence-corrected chi connectivity index (χ3v) is 4.76. The van der Waals surface area contributed by atoms with Crippen molar-refractivity contribution in [1.82, 2.24) is 10.6 Å². The summed E-state index contributed by atoms with van der Waals surface area (Å²) in [5.74, 6) is -0.355. The molecule has 3 N–H and O–H groups in total. The number of carbonyl (C=O) groups is 3. The van der Waals surface area contributed by atoms with Crippen molar-refractivity contribution in [2.75, 3.05) is 23.3 Å². The first-order valence-electron chi connectivity index (χ1n) is 9.80. The van der Waals surface area contributed by atoms with Gasteiger partial charge in [-0.05, 0) is 37.5 Å². The molecule has 1 atom stereocenters. The highest BCUT2D eigenvalue weighted by Crippen LogP contribution is 2.28. The number of rotatable bonds is 7. The van der Waals surface area contributed by atoms with Crippen molar-refractivity contribution in [3.05, 3.63) is 60.2 Å². The van der Waals surface area contributed by atoms with E-state index >= 15 is 0 Å².